The molecule has 0 radical (unpaired) electrons. The van der Waals surface area contributed by atoms with E-state index in [1.807, 2.05) is 60.8 Å². The van der Waals surface area contributed by atoms with Crippen LogP contribution in [-0.2, 0) is 6.42 Å². The highest BCUT2D eigenvalue weighted by Crippen LogP contribution is 2.28. The lowest BCUT2D eigenvalue weighted by molar-refractivity contribution is 0.487. The van der Waals surface area contributed by atoms with Gasteiger partial charge in [-0.2, -0.15) is 0 Å². The van der Waals surface area contributed by atoms with Crippen molar-refractivity contribution in [2.45, 2.75) is 6.42 Å². The normalized spacial score (nSPS) is 10.7. The summed E-state index contributed by atoms with van der Waals surface area (Å²) in [5.74, 6) is 1.22. The number of rotatable bonds is 6. The van der Waals surface area contributed by atoms with Gasteiger partial charge in [0.05, 0.1) is 5.52 Å². The zero-order valence-corrected chi connectivity index (χ0v) is 14.7. The van der Waals surface area contributed by atoms with Gasteiger partial charge in [-0.15, -0.1) is 0 Å². The molecule has 0 fully saturated rings. The van der Waals surface area contributed by atoms with Crippen LogP contribution in [0, 0.1) is 0 Å². The van der Waals surface area contributed by atoms with Gasteiger partial charge in [0.1, 0.15) is 11.5 Å². The standard InChI is InChI=1S/C22H19N3O2/c26-22-14-21(19-8-1-2-9-20(19)25-22)27-18-7-3-6-17(13-18)24-12-10-16-5-4-11-23-15-16/h1-9,11,13-15,24H,10,12H2,(H,25,26). The summed E-state index contributed by atoms with van der Waals surface area (Å²) in [5, 5.41) is 4.26. The van der Waals surface area contributed by atoms with Crippen LogP contribution in [0.15, 0.2) is 83.9 Å². The van der Waals surface area contributed by atoms with Crippen molar-refractivity contribution in [3.05, 3.63) is 95.0 Å². The minimum absolute atomic E-state index is 0.186. The molecule has 4 aromatic rings. The molecule has 2 N–H and O–H groups in total. The van der Waals surface area contributed by atoms with Gasteiger partial charge in [0.25, 0.3) is 5.56 Å². The molecule has 0 aliphatic rings. The number of anilines is 1. The van der Waals surface area contributed by atoms with Gasteiger partial charge in [-0.1, -0.05) is 24.3 Å². The van der Waals surface area contributed by atoms with Crippen molar-refractivity contribution in [2.24, 2.45) is 0 Å². The number of hydrogen-bond acceptors (Lipinski definition) is 4. The molecule has 0 unspecified atom stereocenters. The predicted octanol–water partition coefficient (Wildman–Crippen LogP) is 4.37. The lowest BCUT2D eigenvalue weighted by Crippen LogP contribution is -2.06. The minimum Gasteiger partial charge on any atom is -0.456 e. The van der Waals surface area contributed by atoms with Gasteiger partial charge in [0, 0.05) is 42.1 Å². The second kappa shape index (κ2) is 7.74. The predicted molar refractivity (Wildman–Crippen MR) is 108 cm³/mol. The van der Waals surface area contributed by atoms with E-state index >= 15 is 0 Å². The number of ether oxygens (including phenoxy) is 1. The number of nitrogens with zero attached hydrogens (tertiary/aromatic N) is 1. The maximum Gasteiger partial charge on any atom is 0.252 e. The van der Waals surface area contributed by atoms with Crippen molar-refractivity contribution < 1.29 is 4.74 Å². The van der Waals surface area contributed by atoms with E-state index in [-0.39, 0.29) is 5.56 Å². The molecule has 2 heterocycles. The van der Waals surface area contributed by atoms with Crippen molar-refractivity contribution in [1.82, 2.24) is 9.97 Å². The first-order chi connectivity index (χ1) is 13.3. The number of para-hydroxylation sites is 1. The lowest BCUT2D eigenvalue weighted by atomic mass is 10.2. The third-order valence-corrected chi connectivity index (χ3v) is 4.24. The fourth-order valence-electron chi connectivity index (χ4n) is 2.95. The Morgan fingerprint density at radius 2 is 1.93 bits per heavy atom. The third-order valence-electron chi connectivity index (χ3n) is 4.24. The molecule has 5 nitrogen and oxygen atoms in total. The van der Waals surface area contributed by atoms with Gasteiger partial charge >= 0.3 is 0 Å². The molecular formula is C22H19N3O2. The first kappa shape index (κ1) is 16.8. The van der Waals surface area contributed by atoms with Crippen LogP contribution in [0.4, 0.5) is 5.69 Å². The van der Waals surface area contributed by atoms with Crippen LogP contribution in [0.3, 0.4) is 0 Å². The number of nitrogens with one attached hydrogen (secondary N) is 2. The fraction of sp³-hybridized carbons (Fsp3) is 0.0909. The molecule has 0 atom stereocenters. The number of aromatic amines is 1. The van der Waals surface area contributed by atoms with Crippen molar-refractivity contribution in [1.29, 1.82) is 0 Å². The molecule has 2 aromatic carbocycles. The fourth-order valence-corrected chi connectivity index (χ4v) is 2.95. The number of hydrogen-bond donors (Lipinski definition) is 2. The molecule has 0 saturated heterocycles. The molecule has 0 aliphatic heterocycles. The first-order valence-corrected chi connectivity index (χ1v) is 8.81. The van der Waals surface area contributed by atoms with Crippen molar-refractivity contribution >= 4 is 16.6 Å². The Kier molecular flexibility index (Phi) is 4.83. The Balaban J connectivity index is 1.49. The lowest BCUT2D eigenvalue weighted by Gasteiger charge is -2.11. The summed E-state index contributed by atoms with van der Waals surface area (Å²) in [5.41, 5.74) is 2.72. The summed E-state index contributed by atoms with van der Waals surface area (Å²) in [6, 6.07) is 20.8. The van der Waals surface area contributed by atoms with E-state index in [4.69, 9.17) is 4.74 Å². The molecule has 0 saturated carbocycles. The zero-order valence-electron chi connectivity index (χ0n) is 14.7. The summed E-state index contributed by atoms with van der Waals surface area (Å²) in [6.45, 7) is 0.795. The van der Waals surface area contributed by atoms with E-state index in [1.54, 1.807) is 6.20 Å². The molecule has 0 amide bonds. The maximum atomic E-state index is 11.9. The van der Waals surface area contributed by atoms with Gasteiger partial charge in [0.2, 0.25) is 0 Å². The summed E-state index contributed by atoms with van der Waals surface area (Å²) < 4.78 is 6.01. The van der Waals surface area contributed by atoms with Crippen LogP contribution >= 0.6 is 0 Å². The molecule has 2 aromatic heterocycles. The van der Waals surface area contributed by atoms with Gasteiger partial charge in [-0.3, -0.25) is 9.78 Å². The highest BCUT2D eigenvalue weighted by atomic mass is 16.5. The smallest absolute Gasteiger partial charge is 0.252 e. The molecule has 0 bridgehead atoms. The van der Waals surface area contributed by atoms with E-state index in [9.17, 15) is 4.79 Å². The number of aromatic nitrogens is 2. The van der Waals surface area contributed by atoms with E-state index in [2.05, 4.69) is 21.4 Å². The Morgan fingerprint density at radius 3 is 2.81 bits per heavy atom. The Hall–Kier alpha value is -3.60. The molecule has 0 aliphatic carbocycles. The summed E-state index contributed by atoms with van der Waals surface area (Å²) in [7, 11) is 0. The first-order valence-electron chi connectivity index (χ1n) is 8.81. The number of H-pyrrole nitrogens is 1. The number of benzene rings is 2. The van der Waals surface area contributed by atoms with Crippen molar-refractivity contribution in [3.8, 4) is 11.5 Å². The maximum absolute atomic E-state index is 11.9. The second-order valence-corrected chi connectivity index (χ2v) is 6.21. The van der Waals surface area contributed by atoms with Crippen LogP contribution in [0.2, 0.25) is 0 Å². The quantitative estimate of drug-likeness (QED) is 0.538. The van der Waals surface area contributed by atoms with Gasteiger partial charge in [-0.05, 0) is 42.3 Å². The van der Waals surface area contributed by atoms with Gasteiger partial charge < -0.3 is 15.0 Å². The molecule has 4 rings (SSSR count). The van der Waals surface area contributed by atoms with Crippen molar-refractivity contribution in [2.75, 3.05) is 11.9 Å². The topological polar surface area (TPSA) is 67.0 Å². The van der Waals surface area contributed by atoms with Crippen molar-refractivity contribution in [3.63, 3.8) is 0 Å². The number of pyridine rings is 2. The van der Waals surface area contributed by atoms with E-state index < -0.39 is 0 Å². The highest BCUT2D eigenvalue weighted by Gasteiger charge is 2.06. The molecule has 0 spiro atoms. The average molecular weight is 357 g/mol. The van der Waals surface area contributed by atoms with Crippen LogP contribution in [0.1, 0.15) is 5.56 Å². The van der Waals surface area contributed by atoms with Crippen LogP contribution in [0.5, 0.6) is 11.5 Å². The Labute approximate surface area is 156 Å². The highest BCUT2D eigenvalue weighted by molar-refractivity contribution is 5.84. The molecular weight excluding hydrogens is 338 g/mol. The monoisotopic (exact) mass is 357 g/mol. The molecule has 27 heavy (non-hydrogen) atoms. The van der Waals surface area contributed by atoms with Gasteiger partial charge in [0.15, 0.2) is 0 Å². The van der Waals surface area contributed by atoms with Crippen LogP contribution in [0.25, 0.3) is 10.9 Å². The minimum atomic E-state index is -0.186. The zero-order chi connectivity index (χ0) is 18.5. The Bertz CT molecular complexity index is 1110. The van der Waals surface area contributed by atoms with Crippen LogP contribution < -0.4 is 15.6 Å². The number of fused-ring (bicyclic) bond motifs is 1. The molecule has 5 heteroatoms. The van der Waals surface area contributed by atoms with E-state index in [1.165, 1.54) is 11.6 Å². The van der Waals surface area contributed by atoms with E-state index in [0.717, 1.165) is 29.6 Å². The second-order valence-electron chi connectivity index (χ2n) is 6.21. The average Bonchev–Trinajstić information content (AvgIpc) is 2.69. The SMILES string of the molecule is O=c1cc(Oc2cccc(NCCc3cccnc3)c2)c2ccccc2[nH]1. The summed E-state index contributed by atoms with van der Waals surface area (Å²) in [4.78, 5) is 18.8. The molecule has 134 valence electrons. The Morgan fingerprint density at radius 1 is 1.00 bits per heavy atom. The van der Waals surface area contributed by atoms with Crippen LogP contribution in [-0.4, -0.2) is 16.5 Å². The van der Waals surface area contributed by atoms with Gasteiger partial charge in [-0.25, -0.2) is 0 Å². The van der Waals surface area contributed by atoms with E-state index in [0.29, 0.717) is 11.5 Å². The largest absolute Gasteiger partial charge is 0.456 e. The summed E-state index contributed by atoms with van der Waals surface area (Å²) >= 11 is 0. The third kappa shape index (κ3) is 4.15. The summed E-state index contributed by atoms with van der Waals surface area (Å²) in [6.07, 6.45) is 4.53.